The van der Waals surface area contributed by atoms with Gasteiger partial charge in [-0.05, 0) is 18.9 Å². The molecule has 1 amide bonds. The molecular formula is C13H19NO3. The van der Waals surface area contributed by atoms with Crippen LogP contribution in [0.5, 0.6) is 0 Å². The molecule has 2 unspecified atom stereocenters. The van der Waals surface area contributed by atoms with E-state index in [1.54, 1.807) is 6.92 Å². The molecule has 2 atom stereocenters. The van der Waals surface area contributed by atoms with Gasteiger partial charge in [-0.1, -0.05) is 30.3 Å². The fourth-order valence-corrected chi connectivity index (χ4v) is 1.43. The van der Waals surface area contributed by atoms with Gasteiger partial charge in [0.25, 0.3) is 0 Å². The van der Waals surface area contributed by atoms with Crippen LogP contribution in [-0.2, 0) is 4.79 Å². The second-order valence-electron chi connectivity index (χ2n) is 4.12. The molecule has 0 radical (unpaired) electrons. The Morgan fingerprint density at radius 1 is 1.29 bits per heavy atom. The van der Waals surface area contributed by atoms with Gasteiger partial charge in [-0.15, -0.1) is 0 Å². The Kier molecular flexibility index (Phi) is 5.66. The highest BCUT2D eigenvalue weighted by Crippen LogP contribution is 2.10. The number of aliphatic hydroxyl groups excluding tert-OH is 2. The average Bonchev–Trinajstić information content (AvgIpc) is 2.34. The monoisotopic (exact) mass is 237 g/mol. The van der Waals surface area contributed by atoms with Gasteiger partial charge in [-0.2, -0.15) is 0 Å². The lowest BCUT2D eigenvalue weighted by atomic mass is 10.1. The lowest BCUT2D eigenvalue weighted by Gasteiger charge is -2.12. The highest BCUT2D eigenvalue weighted by molar-refractivity contribution is 5.75. The van der Waals surface area contributed by atoms with Crippen molar-refractivity contribution >= 4 is 5.91 Å². The molecule has 94 valence electrons. The van der Waals surface area contributed by atoms with Crippen LogP contribution in [0.1, 0.15) is 31.4 Å². The van der Waals surface area contributed by atoms with Crippen LogP contribution in [0.4, 0.5) is 0 Å². The van der Waals surface area contributed by atoms with Gasteiger partial charge >= 0.3 is 0 Å². The number of rotatable bonds is 6. The van der Waals surface area contributed by atoms with Crippen LogP contribution in [-0.4, -0.2) is 28.8 Å². The summed E-state index contributed by atoms with van der Waals surface area (Å²) < 4.78 is 0. The Morgan fingerprint density at radius 3 is 2.53 bits per heavy atom. The summed E-state index contributed by atoms with van der Waals surface area (Å²) in [4.78, 5) is 11.3. The summed E-state index contributed by atoms with van der Waals surface area (Å²) in [6.45, 7) is 1.84. The molecule has 0 aliphatic heterocycles. The molecule has 1 aromatic rings. The first-order chi connectivity index (χ1) is 8.09. The maximum atomic E-state index is 11.3. The summed E-state index contributed by atoms with van der Waals surface area (Å²) in [5.41, 5.74) is 0.781. The Morgan fingerprint density at radius 2 is 1.94 bits per heavy atom. The van der Waals surface area contributed by atoms with Crippen molar-refractivity contribution in [2.45, 2.75) is 32.0 Å². The van der Waals surface area contributed by atoms with Crippen LogP contribution in [0.3, 0.4) is 0 Å². The standard InChI is InChI=1S/C13H19NO3/c1-10(15)7-8-13(17)14-9-12(16)11-5-3-2-4-6-11/h2-6,10,12,15-16H,7-9H2,1H3,(H,14,17). The zero-order valence-electron chi connectivity index (χ0n) is 9.97. The number of aliphatic hydroxyl groups is 2. The quantitative estimate of drug-likeness (QED) is 0.691. The third-order valence-electron chi connectivity index (χ3n) is 2.47. The third kappa shape index (κ3) is 5.47. The Labute approximate surface area is 101 Å². The maximum Gasteiger partial charge on any atom is 0.220 e. The number of benzene rings is 1. The predicted octanol–water partition coefficient (Wildman–Crippen LogP) is 0.997. The van der Waals surface area contributed by atoms with E-state index in [4.69, 9.17) is 5.11 Å². The number of carbonyl (C=O) groups excluding carboxylic acids is 1. The molecule has 0 bridgehead atoms. The van der Waals surface area contributed by atoms with E-state index in [0.717, 1.165) is 5.56 Å². The van der Waals surface area contributed by atoms with Gasteiger partial charge in [0.2, 0.25) is 5.91 Å². The largest absolute Gasteiger partial charge is 0.393 e. The summed E-state index contributed by atoms with van der Waals surface area (Å²) in [7, 11) is 0. The second kappa shape index (κ2) is 7.04. The van der Waals surface area contributed by atoms with Gasteiger partial charge in [-0.3, -0.25) is 4.79 Å². The second-order valence-corrected chi connectivity index (χ2v) is 4.12. The molecule has 1 rings (SSSR count). The minimum Gasteiger partial charge on any atom is -0.393 e. The van der Waals surface area contributed by atoms with E-state index in [-0.39, 0.29) is 18.9 Å². The molecule has 1 aromatic carbocycles. The van der Waals surface area contributed by atoms with Crippen LogP contribution in [0.15, 0.2) is 30.3 Å². The Hall–Kier alpha value is -1.39. The smallest absolute Gasteiger partial charge is 0.220 e. The molecule has 4 nitrogen and oxygen atoms in total. The van der Waals surface area contributed by atoms with Crippen molar-refractivity contribution in [1.29, 1.82) is 0 Å². The molecule has 0 fully saturated rings. The van der Waals surface area contributed by atoms with Crippen molar-refractivity contribution in [2.75, 3.05) is 6.54 Å². The van der Waals surface area contributed by atoms with Crippen molar-refractivity contribution in [1.82, 2.24) is 5.32 Å². The van der Waals surface area contributed by atoms with Crippen LogP contribution in [0.25, 0.3) is 0 Å². The lowest BCUT2D eigenvalue weighted by Crippen LogP contribution is -2.28. The first-order valence-electron chi connectivity index (χ1n) is 5.77. The molecule has 4 heteroatoms. The van der Waals surface area contributed by atoms with Crippen molar-refractivity contribution < 1.29 is 15.0 Å². The van der Waals surface area contributed by atoms with Crippen LogP contribution in [0.2, 0.25) is 0 Å². The molecule has 0 saturated heterocycles. The molecule has 0 aliphatic carbocycles. The van der Waals surface area contributed by atoms with E-state index in [1.165, 1.54) is 0 Å². The van der Waals surface area contributed by atoms with E-state index >= 15 is 0 Å². The topological polar surface area (TPSA) is 69.6 Å². The maximum absolute atomic E-state index is 11.3. The summed E-state index contributed by atoms with van der Waals surface area (Å²) in [6.07, 6.45) is -0.446. The predicted molar refractivity (Wildman–Crippen MR) is 65.3 cm³/mol. The molecule has 0 aliphatic rings. The summed E-state index contributed by atoms with van der Waals surface area (Å²) in [5, 5.41) is 21.4. The summed E-state index contributed by atoms with van der Waals surface area (Å²) in [5.74, 6) is -0.152. The Balaban J connectivity index is 2.29. The normalized spacial score (nSPS) is 14.1. The average molecular weight is 237 g/mol. The first-order valence-corrected chi connectivity index (χ1v) is 5.77. The van der Waals surface area contributed by atoms with Crippen molar-refractivity contribution in [3.8, 4) is 0 Å². The van der Waals surface area contributed by atoms with Gasteiger partial charge in [0.15, 0.2) is 0 Å². The van der Waals surface area contributed by atoms with Crippen molar-refractivity contribution in [2.24, 2.45) is 0 Å². The van der Waals surface area contributed by atoms with Crippen LogP contribution < -0.4 is 5.32 Å². The number of nitrogens with one attached hydrogen (secondary N) is 1. The zero-order valence-corrected chi connectivity index (χ0v) is 9.97. The number of hydrogen-bond donors (Lipinski definition) is 3. The van der Waals surface area contributed by atoms with Crippen molar-refractivity contribution in [3.05, 3.63) is 35.9 Å². The molecule has 0 aromatic heterocycles. The first kappa shape index (κ1) is 13.7. The number of amides is 1. The van der Waals surface area contributed by atoms with Gasteiger partial charge in [0.1, 0.15) is 0 Å². The van der Waals surface area contributed by atoms with Crippen molar-refractivity contribution in [3.63, 3.8) is 0 Å². The highest BCUT2D eigenvalue weighted by atomic mass is 16.3. The molecule has 3 N–H and O–H groups in total. The van der Waals surface area contributed by atoms with E-state index < -0.39 is 12.2 Å². The third-order valence-corrected chi connectivity index (χ3v) is 2.47. The molecule has 0 saturated carbocycles. The Bertz CT molecular complexity index is 338. The minimum absolute atomic E-state index is 0.152. The molecule has 17 heavy (non-hydrogen) atoms. The molecular weight excluding hydrogens is 218 g/mol. The van der Waals surface area contributed by atoms with E-state index in [2.05, 4.69) is 5.32 Å². The molecule has 0 spiro atoms. The fraction of sp³-hybridized carbons (Fsp3) is 0.462. The minimum atomic E-state index is -0.688. The SMILES string of the molecule is CC(O)CCC(=O)NCC(O)c1ccccc1. The van der Waals surface area contributed by atoms with Crippen LogP contribution in [0, 0.1) is 0 Å². The number of carbonyl (C=O) groups is 1. The van der Waals surface area contributed by atoms with Gasteiger partial charge in [0, 0.05) is 13.0 Å². The fourth-order valence-electron chi connectivity index (χ4n) is 1.43. The highest BCUT2D eigenvalue weighted by Gasteiger charge is 2.09. The molecule has 0 heterocycles. The summed E-state index contributed by atoms with van der Waals surface area (Å²) in [6, 6.07) is 9.18. The van der Waals surface area contributed by atoms with Gasteiger partial charge in [0.05, 0.1) is 12.2 Å². The van der Waals surface area contributed by atoms with E-state index in [0.29, 0.717) is 6.42 Å². The van der Waals surface area contributed by atoms with Crippen LogP contribution >= 0.6 is 0 Å². The van der Waals surface area contributed by atoms with E-state index in [9.17, 15) is 9.90 Å². The van der Waals surface area contributed by atoms with Gasteiger partial charge < -0.3 is 15.5 Å². The lowest BCUT2D eigenvalue weighted by molar-refractivity contribution is -0.122. The summed E-state index contributed by atoms with van der Waals surface area (Å²) >= 11 is 0. The van der Waals surface area contributed by atoms with Gasteiger partial charge in [-0.25, -0.2) is 0 Å². The number of hydrogen-bond acceptors (Lipinski definition) is 3. The zero-order chi connectivity index (χ0) is 12.7. The van der Waals surface area contributed by atoms with E-state index in [1.807, 2.05) is 30.3 Å².